The molecule has 0 spiro atoms. The predicted molar refractivity (Wildman–Crippen MR) is 71.3 cm³/mol. The summed E-state index contributed by atoms with van der Waals surface area (Å²) in [5, 5.41) is 0. The van der Waals surface area contributed by atoms with E-state index in [9.17, 15) is 4.57 Å². The van der Waals surface area contributed by atoms with Gasteiger partial charge in [-0.15, -0.1) is 0 Å². The maximum absolute atomic E-state index is 12.5. The smallest absolute Gasteiger partial charge is 0.395 e. The Hall–Kier alpha value is -1.77. The highest BCUT2D eigenvalue weighted by Gasteiger charge is 2.35. The lowest BCUT2D eigenvalue weighted by Gasteiger charge is -2.25. The van der Waals surface area contributed by atoms with E-state index in [-0.39, 0.29) is 6.61 Å². The van der Waals surface area contributed by atoms with Gasteiger partial charge in [-0.3, -0.25) is 4.52 Å². The van der Waals surface area contributed by atoms with Crippen LogP contribution in [0, 0.1) is 6.92 Å². The standard InChI is InChI=1S/C14H13O4P/c1-11-6-2-4-8-13(11)17-19(15)16-10-12-7-3-5-9-14(12)18-19/h2-9H,10H2,1H3/t19-/m1/s1. The fourth-order valence-corrected chi connectivity index (χ4v) is 3.14. The first kappa shape index (κ1) is 12.3. The summed E-state index contributed by atoms with van der Waals surface area (Å²) < 4.78 is 28.5. The van der Waals surface area contributed by atoms with Gasteiger partial charge in [0.2, 0.25) is 0 Å². The van der Waals surface area contributed by atoms with Crippen molar-refractivity contribution in [2.24, 2.45) is 0 Å². The molecule has 0 saturated heterocycles. The molecular weight excluding hydrogens is 263 g/mol. The number of rotatable bonds is 2. The molecule has 0 bridgehead atoms. The Morgan fingerprint density at radius 3 is 2.68 bits per heavy atom. The first-order valence-electron chi connectivity index (χ1n) is 5.94. The van der Waals surface area contributed by atoms with E-state index in [0.717, 1.165) is 11.1 Å². The van der Waals surface area contributed by atoms with Crippen LogP contribution in [0.1, 0.15) is 11.1 Å². The van der Waals surface area contributed by atoms with Crippen molar-refractivity contribution in [1.29, 1.82) is 0 Å². The summed E-state index contributed by atoms with van der Waals surface area (Å²) in [6, 6.07) is 14.6. The van der Waals surface area contributed by atoms with Crippen molar-refractivity contribution in [3.8, 4) is 11.5 Å². The fraction of sp³-hybridized carbons (Fsp3) is 0.143. The maximum atomic E-state index is 12.5. The van der Waals surface area contributed by atoms with Crippen LogP contribution in [0.4, 0.5) is 0 Å². The molecule has 3 rings (SSSR count). The maximum Gasteiger partial charge on any atom is 0.587 e. The largest absolute Gasteiger partial charge is 0.587 e. The molecule has 5 heteroatoms. The minimum absolute atomic E-state index is 0.222. The Morgan fingerprint density at radius 1 is 1.11 bits per heavy atom. The number of aryl methyl sites for hydroxylation is 1. The van der Waals surface area contributed by atoms with Gasteiger partial charge < -0.3 is 9.05 Å². The molecule has 0 radical (unpaired) electrons. The number of benzene rings is 2. The summed E-state index contributed by atoms with van der Waals surface area (Å²) in [6.45, 7) is 2.10. The van der Waals surface area contributed by atoms with E-state index in [1.807, 2.05) is 43.3 Å². The van der Waals surface area contributed by atoms with E-state index in [2.05, 4.69) is 0 Å². The monoisotopic (exact) mass is 276 g/mol. The highest BCUT2D eigenvalue weighted by Crippen LogP contribution is 2.54. The average molecular weight is 276 g/mol. The van der Waals surface area contributed by atoms with Gasteiger partial charge in [0.05, 0.1) is 6.61 Å². The van der Waals surface area contributed by atoms with Gasteiger partial charge in [0.15, 0.2) is 0 Å². The molecule has 0 aliphatic carbocycles. The number of para-hydroxylation sites is 2. The first-order chi connectivity index (χ1) is 9.16. The molecule has 2 aromatic carbocycles. The van der Waals surface area contributed by atoms with E-state index < -0.39 is 7.82 Å². The third kappa shape index (κ3) is 2.50. The van der Waals surface area contributed by atoms with Crippen LogP contribution in [0.15, 0.2) is 48.5 Å². The lowest BCUT2D eigenvalue weighted by Crippen LogP contribution is -2.11. The van der Waals surface area contributed by atoms with E-state index in [1.54, 1.807) is 12.1 Å². The normalized spacial score (nSPS) is 21.3. The molecule has 0 N–H and O–H groups in total. The van der Waals surface area contributed by atoms with E-state index >= 15 is 0 Å². The van der Waals surface area contributed by atoms with Gasteiger partial charge in [0.1, 0.15) is 11.5 Å². The second kappa shape index (κ2) is 4.72. The average Bonchev–Trinajstić information content (AvgIpc) is 2.41. The van der Waals surface area contributed by atoms with Crippen LogP contribution in [-0.2, 0) is 15.7 Å². The lowest BCUT2D eigenvalue weighted by atomic mass is 10.2. The minimum atomic E-state index is -3.59. The summed E-state index contributed by atoms with van der Waals surface area (Å²) in [7, 11) is -3.59. The number of phosphoric ester groups is 1. The van der Waals surface area contributed by atoms with Crippen molar-refractivity contribution in [2.45, 2.75) is 13.5 Å². The van der Waals surface area contributed by atoms with Gasteiger partial charge in [-0.2, -0.15) is 0 Å². The molecule has 2 aromatic rings. The van der Waals surface area contributed by atoms with Gasteiger partial charge in [0.25, 0.3) is 0 Å². The third-order valence-corrected chi connectivity index (χ3v) is 4.15. The molecule has 98 valence electrons. The zero-order chi connectivity index (χ0) is 13.3. The minimum Gasteiger partial charge on any atom is -0.395 e. The summed E-state index contributed by atoms with van der Waals surface area (Å²) in [5.74, 6) is 1.05. The summed E-state index contributed by atoms with van der Waals surface area (Å²) >= 11 is 0. The molecule has 1 aliphatic heterocycles. The zero-order valence-corrected chi connectivity index (χ0v) is 11.3. The number of hydrogen-bond acceptors (Lipinski definition) is 4. The highest BCUT2D eigenvalue weighted by atomic mass is 31.2. The van der Waals surface area contributed by atoms with Crippen LogP contribution < -0.4 is 9.05 Å². The van der Waals surface area contributed by atoms with Crippen molar-refractivity contribution in [3.05, 3.63) is 59.7 Å². The summed E-state index contributed by atoms with van der Waals surface area (Å²) in [4.78, 5) is 0. The number of phosphoric acid groups is 1. The van der Waals surface area contributed by atoms with Gasteiger partial charge in [-0.1, -0.05) is 36.4 Å². The van der Waals surface area contributed by atoms with Crippen molar-refractivity contribution in [2.75, 3.05) is 0 Å². The molecule has 0 saturated carbocycles. The topological polar surface area (TPSA) is 44.8 Å². The van der Waals surface area contributed by atoms with E-state index in [0.29, 0.717) is 11.5 Å². The Labute approximate surface area is 111 Å². The van der Waals surface area contributed by atoms with Crippen molar-refractivity contribution in [3.63, 3.8) is 0 Å². The molecule has 19 heavy (non-hydrogen) atoms. The molecule has 0 aromatic heterocycles. The Balaban J connectivity index is 1.87. The molecule has 1 aliphatic rings. The van der Waals surface area contributed by atoms with Gasteiger partial charge in [0, 0.05) is 5.56 Å². The summed E-state index contributed by atoms with van der Waals surface area (Å²) in [6.07, 6.45) is 0. The molecule has 0 fully saturated rings. The van der Waals surface area contributed by atoms with Crippen molar-refractivity contribution >= 4 is 7.82 Å². The van der Waals surface area contributed by atoms with Crippen LogP contribution in [0.5, 0.6) is 11.5 Å². The number of hydrogen-bond donors (Lipinski definition) is 0. The highest BCUT2D eigenvalue weighted by molar-refractivity contribution is 7.49. The Kier molecular flexibility index (Phi) is 3.05. The van der Waals surface area contributed by atoms with Gasteiger partial charge in [-0.05, 0) is 24.6 Å². The van der Waals surface area contributed by atoms with Crippen LogP contribution in [-0.4, -0.2) is 0 Å². The molecule has 0 unspecified atom stereocenters. The van der Waals surface area contributed by atoms with Crippen LogP contribution in [0.25, 0.3) is 0 Å². The lowest BCUT2D eigenvalue weighted by molar-refractivity contribution is 0.181. The molecule has 0 amide bonds. The second-order valence-corrected chi connectivity index (χ2v) is 5.79. The first-order valence-corrected chi connectivity index (χ1v) is 7.40. The molecule has 4 nitrogen and oxygen atoms in total. The van der Waals surface area contributed by atoms with Crippen molar-refractivity contribution < 1.29 is 18.1 Å². The van der Waals surface area contributed by atoms with Crippen LogP contribution in [0.2, 0.25) is 0 Å². The van der Waals surface area contributed by atoms with Crippen LogP contribution in [0.3, 0.4) is 0 Å². The summed E-state index contributed by atoms with van der Waals surface area (Å²) in [5.41, 5.74) is 1.74. The van der Waals surface area contributed by atoms with Crippen molar-refractivity contribution in [1.82, 2.24) is 0 Å². The second-order valence-electron chi connectivity index (χ2n) is 4.28. The van der Waals surface area contributed by atoms with Gasteiger partial charge in [-0.25, -0.2) is 4.57 Å². The predicted octanol–water partition coefficient (Wildman–Crippen LogP) is 4.09. The SMILES string of the molecule is Cc1ccccc1O[P@@]1(=O)OCc2ccccc2O1. The van der Waals surface area contributed by atoms with E-state index in [4.69, 9.17) is 13.6 Å². The zero-order valence-electron chi connectivity index (χ0n) is 10.4. The fourth-order valence-electron chi connectivity index (χ4n) is 1.83. The quantitative estimate of drug-likeness (QED) is 0.775. The Morgan fingerprint density at radius 2 is 1.84 bits per heavy atom. The molecule has 1 heterocycles. The van der Waals surface area contributed by atoms with E-state index in [1.165, 1.54) is 0 Å². The van der Waals surface area contributed by atoms with Gasteiger partial charge >= 0.3 is 7.82 Å². The number of fused-ring (bicyclic) bond motifs is 1. The van der Waals surface area contributed by atoms with Crippen LogP contribution >= 0.6 is 7.82 Å². The Bertz CT molecular complexity index is 653. The molecule has 1 atom stereocenters. The molecular formula is C14H13O4P. The third-order valence-electron chi connectivity index (χ3n) is 2.86.